The van der Waals surface area contributed by atoms with Crippen molar-refractivity contribution in [1.82, 2.24) is 9.97 Å². The SMILES string of the molecule is CCOc1cc(-c2nc(SC)[nH]c(=O)c2C#N)cc(I)c1OC. The predicted molar refractivity (Wildman–Crippen MR) is 97.2 cm³/mol. The first-order chi connectivity index (χ1) is 11.0. The van der Waals surface area contributed by atoms with Crippen molar-refractivity contribution < 1.29 is 9.47 Å². The highest BCUT2D eigenvalue weighted by atomic mass is 127. The number of nitriles is 1. The minimum atomic E-state index is -0.453. The summed E-state index contributed by atoms with van der Waals surface area (Å²) in [7, 11) is 1.57. The molecule has 0 saturated heterocycles. The van der Waals surface area contributed by atoms with Crippen LogP contribution in [0.2, 0.25) is 0 Å². The van der Waals surface area contributed by atoms with E-state index in [1.807, 2.05) is 19.1 Å². The molecule has 0 aliphatic heterocycles. The van der Waals surface area contributed by atoms with Crippen molar-refractivity contribution in [3.05, 3.63) is 31.6 Å². The zero-order valence-electron chi connectivity index (χ0n) is 12.8. The molecule has 0 aliphatic carbocycles. The molecule has 8 heteroatoms. The monoisotopic (exact) mass is 443 g/mol. The molecule has 0 saturated carbocycles. The zero-order chi connectivity index (χ0) is 17.0. The van der Waals surface area contributed by atoms with E-state index in [-0.39, 0.29) is 5.56 Å². The Morgan fingerprint density at radius 2 is 2.22 bits per heavy atom. The number of hydrogen-bond acceptors (Lipinski definition) is 6. The molecule has 6 nitrogen and oxygen atoms in total. The van der Waals surface area contributed by atoms with Crippen LogP contribution in [0.5, 0.6) is 11.5 Å². The standard InChI is InChI=1S/C15H14IN3O3S/c1-4-22-11-6-8(5-10(16)13(11)21-2)12-9(7-17)14(20)19-15(18-12)23-3/h5-6H,4H2,1-3H3,(H,18,19,20). The smallest absolute Gasteiger partial charge is 0.270 e. The fourth-order valence-electron chi connectivity index (χ4n) is 2.03. The molecule has 0 atom stereocenters. The van der Waals surface area contributed by atoms with Crippen LogP contribution >= 0.6 is 34.4 Å². The molecule has 1 heterocycles. The number of thioether (sulfide) groups is 1. The van der Waals surface area contributed by atoms with E-state index in [1.54, 1.807) is 19.4 Å². The lowest BCUT2D eigenvalue weighted by Gasteiger charge is -2.13. The molecule has 23 heavy (non-hydrogen) atoms. The highest BCUT2D eigenvalue weighted by Crippen LogP contribution is 2.37. The van der Waals surface area contributed by atoms with Crippen molar-refractivity contribution in [2.75, 3.05) is 20.0 Å². The first-order valence-corrected chi connectivity index (χ1v) is 8.95. The van der Waals surface area contributed by atoms with Gasteiger partial charge in [-0.1, -0.05) is 11.8 Å². The summed E-state index contributed by atoms with van der Waals surface area (Å²) in [6, 6.07) is 5.47. The van der Waals surface area contributed by atoms with E-state index in [4.69, 9.17) is 9.47 Å². The first-order valence-electron chi connectivity index (χ1n) is 6.64. The second-order valence-electron chi connectivity index (χ2n) is 4.33. The molecule has 0 spiro atoms. The average molecular weight is 443 g/mol. The predicted octanol–water partition coefficient (Wildman–Crippen LogP) is 3.04. The molecular formula is C15H14IN3O3S. The van der Waals surface area contributed by atoms with E-state index in [9.17, 15) is 10.1 Å². The number of H-pyrrole nitrogens is 1. The van der Waals surface area contributed by atoms with Crippen molar-refractivity contribution in [2.24, 2.45) is 0 Å². The van der Waals surface area contributed by atoms with E-state index >= 15 is 0 Å². The Balaban J connectivity index is 2.74. The maximum Gasteiger partial charge on any atom is 0.270 e. The molecule has 0 amide bonds. The summed E-state index contributed by atoms with van der Waals surface area (Å²) in [6.07, 6.45) is 1.80. The summed E-state index contributed by atoms with van der Waals surface area (Å²) >= 11 is 3.43. The topological polar surface area (TPSA) is 88.0 Å². The van der Waals surface area contributed by atoms with E-state index < -0.39 is 5.56 Å². The minimum absolute atomic E-state index is 0.0220. The molecule has 1 aromatic carbocycles. The van der Waals surface area contributed by atoms with Crippen LogP contribution < -0.4 is 15.0 Å². The maximum absolute atomic E-state index is 12.1. The van der Waals surface area contributed by atoms with Crippen LogP contribution in [-0.4, -0.2) is 29.9 Å². The number of rotatable bonds is 5. The third-order valence-electron chi connectivity index (χ3n) is 2.99. The summed E-state index contributed by atoms with van der Waals surface area (Å²) < 4.78 is 11.8. The molecular weight excluding hydrogens is 429 g/mol. The lowest BCUT2D eigenvalue weighted by Crippen LogP contribution is -2.14. The molecule has 1 N–H and O–H groups in total. The number of aromatic amines is 1. The second kappa shape index (κ2) is 7.70. The highest BCUT2D eigenvalue weighted by Gasteiger charge is 2.18. The molecule has 0 aliphatic rings. The van der Waals surface area contributed by atoms with Gasteiger partial charge in [-0.15, -0.1) is 0 Å². The van der Waals surface area contributed by atoms with Crippen LogP contribution in [0.15, 0.2) is 22.1 Å². The molecule has 1 aromatic heterocycles. The van der Waals surface area contributed by atoms with Gasteiger partial charge in [0.2, 0.25) is 0 Å². The van der Waals surface area contributed by atoms with Gasteiger partial charge in [-0.3, -0.25) is 4.79 Å². The average Bonchev–Trinajstić information content (AvgIpc) is 2.54. The van der Waals surface area contributed by atoms with Gasteiger partial charge in [0.25, 0.3) is 5.56 Å². The van der Waals surface area contributed by atoms with Gasteiger partial charge in [-0.05, 0) is 47.9 Å². The van der Waals surface area contributed by atoms with Gasteiger partial charge in [0.1, 0.15) is 11.6 Å². The van der Waals surface area contributed by atoms with E-state index in [0.29, 0.717) is 34.5 Å². The number of hydrogen-bond donors (Lipinski definition) is 1. The van der Waals surface area contributed by atoms with Gasteiger partial charge in [-0.2, -0.15) is 5.26 Å². The summed E-state index contributed by atoms with van der Waals surface area (Å²) in [5.74, 6) is 1.17. The van der Waals surface area contributed by atoms with Gasteiger partial charge in [0.05, 0.1) is 23.0 Å². The number of nitrogens with one attached hydrogen (secondary N) is 1. The number of ether oxygens (including phenoxy) is 2. The maximum atomic E-state index is 12.1. The van der Waals surface area contributed by atoms with Crippen LogP contribution in [0.25, 0.3) is 11.3 Å². The van der Waals surface area contributed by atoms with Gasteiger partial charge in [-0.25, -0.2) is 4.98 Å². The van der Waals surface area contributed by atoms with Gasteiger partial charge >= 0.3 is 0 Å². The van der Waals surface area contributed by atoms with Crippen molar-refractivity contribution in [3.8, 4) is 28.8 Å². The molecule has 0 bridgehead atoms. The van der Waals surface area contributed by atoms with Gasteiger partial charge in [0.15, 0.2) is 16.7 Å². The lowest BCUT2D eigenvalue weighted by atomic mass is 10.1. The fraction of sp³-hybridized carbons (Fsp3) is 0.267. The van der Waals surface area contributed by atoms with Crippen molar-refractivity contribution >= 4 is 34.4 Å². The number of aromatic nitrogens is 2. The fourth-order valence-corrected chi connectivity index (χ4v) is 3.23. The van der Waals surface area contributed by atoms with Crippen molar-refractivity contribution in [3.63, 3.8) is 0 Å². The van der Waals surface area contributed by atoms with Crippen molar-refractivity contribution in [1.29, 1.82) is 5.26 Å². The first kappa shape index (κ1) is 17.6. The van der Waals surface area contributed by atoms with E-state index in [2.05, 4.69) is 32.6 Å². The molecule has 2 aromatic rings. The normalized spacial score (nSPS) is 10.2. The highest BCUT2D eigenvalue weighted by molar-refractivity contribution is 14.1. The minimum Gasteiger partial charge on any atom is -0.492 e. The summed E-state index contributed by atoms with van der Waals surface area (Å²) in [6.45, 7) is 2.34. The summed E-state index contributed by atoms with van der Waals surface area (Å²) in [5.41, 5.74) is 0.496. The summed E-state index contributed by atoms with van der Waals surface area (Å²) in [5, 5.41) is 9.74. The Morgan fingerprint density at radius 3 is 2.78 bits per heavy atom. The Kier molecular flexibility index (Phi) is 5.90. The number of methoxy groups -OCH3 is 1. The Morgan fingerprint density at radius 1 is 1.48 bits per heavy atom. The summed E-state index contributed by atoms with van der Waals surface area (Å²) in [4.78, 5) is 19.0. The third kappa shape index (κ3) is 3.61. The number of nitrogens with zero attached hydrogens (tertiary/aromatic N) is 2. The van der Waals surface area contributed by atoms with Gasteiger partial charge < -0.3 is 14.5 Å². The van der Waals surface area contributed by atoms with Gasteiger partial charge in [0, 0.05) is 5.56 Å². The zero-order valence-corrected chi connectivity index (χ0v) is 15.7. The molecule has 0 unspecified atom stereocenters. The molecule has 0 fully saturated rings. The number of benzene rings is 1. The van der Waals surface area contributed by atoms with Crippen LogP contribution in [0.4, 0.5) is 0 Å². The quantitative estimate of drug-likeness (QED) is 0.434. The Hall–Kier alpha value is -1.73. The van der Waals surface area contributed by atoms with Crippen LogP contribution in [0.3, 0.4) is 0 Å². The van der Waals surface area contributed by atoms with Crippen LogP contribution in [0, 0.1) is 14.9 Å². The van der Waals surface area contributed by atoms with E-state index in [0.717, 1.165) is 3.57 Å². The Labute approximate surface area is 151 Å². The van der Waals surface area contributed by atoms with Crippen molar-refractivity contribution in [2.45, 2.75) is 12.1 Å². The molecule has 120 valence electrons. The van der Waals surface area contributed by atoms with Crippen LogP contribution in [0.1, 0.15) is 12.5 Å². The second-order valence-corrected chi connectivity index (χ2v) is 6.29. The molecule has 0 radical (unpaired) electrons. The van der Waals surface area contributed by atoms with E-state index in [1.165, 1.54) is 11.8 Å². The Bertz CT molecular complexity index is 830. The lowest BCUT2D eigenvalue weighted by molar-refractivity contribution is 0.310. The number of halogens is 1. The third-order valence-corrected chi connectivity index (χ3v) is 4.37. The largest absolute Gasteiger partial charge is 0.492 e. The molecule has 2 rings (SSSR count). The van der Waals surface area contributed by atoms with Crippen LogP contribution in [-0.2, 0) is 0 Å².